The molecule has 0 aliphatic heterocycles. The molecule has 3 amide bonds. The molecule has 2 aromatic rings. The predicted octanol–water partition coefficient (Wildman–Crippen LogP) is 3.56. The van der Waals surface area contributed by atoms with Crippen LogP contribution in [0.15, 0.2) is 60.7 Å². The number of esters is 1. The summed E-state index contributed by atoms with van der Waals surface area (Å²) in [5.74, 6) is -1.69. The van der Waals surface area contributed by atoms with E-state index >= 15 is 0 Å². The van der Waals surface area contributed by atoms with Gasteiger partial charge in [-0.1, -0.05) is 80.9 Å². The fourth-order valence-corrected chi connectivity index (χ4v) is 2.92. The van der Waals surface area contributed by atoms with Gasteiger partial charge < -0.3 is 10.1 Å². The minimum Gasteiger partial charge on any atom is -0.447 e. The maximum absolute atomic E-state index is 13.1. The molecule has 148 valence electrons. The Hall–Kier alpha value is -3.15. The van der Waals surface area contributed by atoms with E-state index in [1.165, 1.54) is 7.05 Å². The summed E-state index contributed by atoms with van der Waals surface area (Å²) >= 11 is 0. The summed E-state index contributed by atoms with van der Waals surface area (Å²) in [6.07, 6.45) is -0.448. The van der Waals surface area contributed by atoms with Crippen molar-refractivity contribution in [3.8, 4) is 0 Å². The standard InChI is InChI=1S/C22H26N2O4/c1-4-15(2)18(16-11-7-5-8-12-16)21(26)28-19(17-13-9-6-10-14-17)20(25)24-22(27)23-3/h5-15,18-19H,4H2,1-3H3,(H2,23,24,25,27). The van der Waals surface area contributed by atoms with E-state index in [4.69, 9.17) is 4.74 Å². The van der Waals surface area contributed by atoms with Crippen LogP contribution < -0.4 is 10.6 Å². The molecule has 0 spiro atoms. The Morgan fingerprint density at radius 3 is 1.96 bits per heavy atom. The highest BCUT2D eigenvalue weighted by Gasteiger charge is 2.33. The molecule has 6 nitrogen and oxygen atoms in total. The van der Waals surface area contributed by atoms with Crippen molar-refractivity contribution in [3.63, 3.8) is 0 Å². The van der Waals surface area contributed by atoms with Crippen LogP contribution in [0.1, 0.15) is 43.4 Å². The second kappa shape index (κ2) is 10.3. The van der Waals surface area contributed by atoms with Gasteiger partial charge in [0.2, 0.25) is 6.10 Å². The third-order valence-electron chi connectivity index (χ3n) is 4.66. The van der Waals surface area contributed by atoms with Gasteiger partial charge in [0.15, 0.2) is 0 Å². The number of benzene rings is 2. The van der Waals surface area contributed by atoms with E-state index in [0.29, 0.717) is 5.56 Å². The topological polar surface area (TPSA) is 84.5 Å². The third kappa shape index (κ3) is 5.42. The number of imide groups is 1. The largest absolute Gasteiger partial charge is 0.447 e. The number of nitrogens with one attached hydrogen (secondary N) is 2. The fraction of sp³-hybridized carbons (Fsp3) is 0.318. The highest BCUT2D eigenvalue weighted by molar-refractivity contribution is 5.98. The van der Waals surface area contributed by atoms with E-state index in [2.05, 4.69) is 10.6 Å². The second-order valence-electron chi connectivity index (χ2n) is 6.57. The lowest BCUT2D eigenvalue weighted by molar-refractivity contribution is -0.158. The zero-order valence-corrected chi connectivity index (χ0v) is 16.3. The molecule has 0 heterocycles. The number of carbonyl (C=O) groups is 3. The molecule has 3 unspecified atom stereocenters. The van der Waals surface area contributed by atoms with Crippen molar-refractivity contribution in [3.05, 3.63) is 71.8 Å². The molecule has 0 saturated carbocycles. The molecule has 2 N–H and O–H groups in total. The number of ether oxygens (including phenoxy) is 1. The Morgan fingerprint density at radius 2 is 1.46 bits per heavy atom. The van der Waals surface area contributed by atoms with Crippen molar-refractivity contribution < 1.29 is 19.1 Å². The lowest BCUT2D eigenvalue weighted by Crippen LogP contribution is -2.41. The van der Waals surface area contributed by atoms with Crippen molar-refractivity contribution in [1.29, 1.82) is 0 Å². The van der Waals surface area contributed by atoms with Crippen LogP contribution in [-0.4, -0.2) is 25.0 Å². The van der Waals surface area contributed by atoms with E-state index in [-0.39, 0.29) is 5.92 Å². The number of hydrogen-bond acceptors (Lipinski definition) is 4. The Kier molecular flexibility index (Phi) is 7.75. The molecule has 0 saturated heterocycles. The van der Waals surface area contributed by atoms with Crippen LogP contribution in [0, 0.1) is 5.92 Å². The molecule has 0 aliphatic rings. The summed E-state index contributed by atoms with van der Waals surface area (Å²) in [4.78, 5) is 37.3. The normalized spacial score (nSPS) is 13.7. The zero-order valence-electron chi connectivity index (χ0n) is 16.3. The van der Waals surface area contributed by atoms with Gasteiger partial charge in [-0.05, 0) is 11.5 Å². The monoisotopic (exact) mass is 382 g/mol. The maximum Gasteiger partial charge on any atom is 0.321 e. The smallest absolute Gasteiger partial charge is 0.321 e. The number of carbonyl (C=O) groups excluding carboxylic acids is 3. The van der Waals surface area contributed by atoms with Gasteiger partial charge >= 0.3 is 12.0 Å². The fourth-order valence-electron chi connectivity index (χ4n) is 2.92. The van der Waals surface area contributed by atoms with E-state index in [9.17, 15) is 14.4 Å². The zero-order chi connectivity index (χ0) is 20.5. The molecule has 6 heteroatoms. The van der Waals surface area contributed by atoms with Gasteiger partial charge in [-0.2, -0.15) is 0 Å². The minimum absolute atomic E-state index is 0.0216. The number of amides is 3. The van der Waals surface area contributed by atoms with Crippen molar-refractivity contribution in [2.75, 3.05) is 7.05 Å². The van der Waals surface area contributed by atoms with Crippen LogP contribution in [0.4, 0.5) is 4.79 Å². The molecule has 0 aromatic heterocycles. The Balaban J connectivity index is 2.31. The van der Waals surface area contributed by atoms with E-state index in [0.717, 1.165) is 12.0 Å². The number of rotatable bonds is 7. The molecule has 2 aromatic carbocycles. The lowest BCUT2D eigenvalue weighted by Gasteiger charge is -2.25. The number of hydrogen-bond donors (Lipinski definition) is 2. The van der Waals surface area contributed by atoms with Gasteiger partial charge in [-0.25, -0.2) is 4.79 Å². The first-order valence-corrected chi connectivity index (χ1v) is 9.30. The molecular weight excluding hydrogens is 356 g/mol. The van der Waals surface area contributed by atoms with Gasteiger partial charge in [-0.3, -0.25) is 14.9 Å². The van der Waals surface area contributed by atoms with Crippen molar-refractivity contribution in [2.24, 2.45) is 5.92 Å². The Labute approximate surface area is 165 Å². The molecule has 28 heavy (non-hydrogen) atoms. The lowest BCUT2D eigenvalue weighted by atomic mass is 9.85. The summed E-state index contributed by atoms with van der Waals surface area (Å²) in [5.41, 5.74) is 1.33. The summed E-state index contributed by atoms with van der Waals surface area (Å²) < 4.78 is 5.65. The van der Waals surface area contributed by atoms with Crippen LogP contribution in [0.3, 0.4) is 0 Å². The van der Waals surface area contributed by atoms with Crippen LogP contribution in [0.5, 0.6) is 0 Å². The quantitative estimate of drug-likeness (QED) is 0.717. The third-order valence-corrected chi connectivity index (χ3v) is 4.66. The van der Waals surface area contributed by atoms with Gasteiger partial charge in [0.25, 0.3) is 5.91 Å². The van der Waals surface area contributed by atoms with Crippen LogP contribution in [0.2, 0.25) is 0 Å². The summed E-state index contributed by atoms with van der Waals surface area (Å²) in [6.45, 7) is 3.97. The highest BCUT2D eigenvalue weighted by atomic mass is 16.5. The molecule has 3 atom stereocenters. The van der Waals surface area contributed by atoms with Gasteiger partial charge in [0.1, 0.15) is 0 Å². The van der Waals surface area contributed by atoms with Crippen LogP contribution >= 0.6 is 0 Å². The van der Waals surface area contributed by atoms with E-state index in [1.54, 1.807) is 30.3 Å². The van der Waals surface area contributed by atoms with E-state index in [1.807, 2.05) is 44.2 Å². The maximum atomic E-state index is 13.1. The molecular formula is C22H26N2O4. The predicted molar refractivity (Wildman–Crippen MR) is 107 cm³/mol. The second-order valence-corrected chi connectivity index (χ2v) is 6.57. The van der Waals surface area contributed by atoms with Crippen molar-refractivity contribution in [1.82, 2.24) is 10.6 Å². The average Bonchev–Trinajstić information content (AvgIpc) is 2.73. The van der Waals surface area contributed by atoms with Gasteiger partial charge in [0.05, 0.1) is 5.92 Å². The number of urea groups is 1. The van der Waals surface area contributed by atoms with Gasteiger partial charge in [0, 0.05) is 12.6 Å². The SMILES string of the molecule is CCC(C)C(C(=O)OC(C(=O)NC(=O)NC)c1ccccc1)c1ccccc1. The first kappa shape index (κ1) is 21.2. The summed E-state index contributed by atoms with van der Waals surface area (Å²) in [7, 11) is 1.40. The minimum atomic E-state index is -1.22. The van der Waals surface area contributed by atoms with Crippen molar-refractivity contribution >= 4 is 17.9 Å². The Morgan fingerprint density at radius 1 is 0.929 bits per heavy atom. The van der Waals surface area contributed by atoms with Crippen molar-refractivity contribution in [2.45, 2.75) is 32.3 Å². The van der Waals surface area contributed by atoms with Gasteiger partial charge in [-0.15, -0.1) is 0 Å². The summed E-state index contributed by atoms with van der Waals surface area (Å²) in [5, 5.41) is 4.51. The molecule has 0 aliphatic carbocycles. The summed E-state index contributed by atoms with van der Waals surface area (Å²) in [6, 6.07) is 17.3. The Bertz CT molecular complexity index is 793. The first-order chi connectivity index (χ1) is 13.5. The molecule has 0 fully saturated rings. The van der Waals surface area contributed by atoms with E-state index < -0.39 is 29.9 Å². The first-order valence-electron chi connectivity index (χ1n) is 9.30. The molecule has 0 bridgehead atoms. The average molecular weight is 382 g/mol. The van der Waals surface area contributed by atoms with Crippen LogP contribution in [-0.2, 0) is 14.3 Å². The molecule has 0 radical (unpaired) electrons. The molecule has 2 rings (SSSR count). The van der Waals surface area contributed by atoms with Crippen LogP contribution in [0.25, 0.3) is 0 Å². The highest BCUT2D eigenvalue weighted by Crippen LogP contribution is 2.30.